The van der Waals surface area contributed by atoms with Crippen LogP contribution in [0.3, 0.4) is 0 Å². The number of carbonyl (C=O) groups excluding carboxylic acids is 1. The Morgan fingerprint density at radius 3 is 2.33 bits per heavy atom. The van der Waals surface area contributed by atoms with Crippen molar-refractivity contribution in [1.82, 2.24) is 0 Å². The summed E-state index contributed by atoms with van der Waals surface area (Å²) >= 11 is 1.59. The van der Waals surface area contributed by atoms with Crippen molar-refractivity contribution in [2.24, 2.45) is 0 Å². The molecule has 0 saturated carbocycles. The minimum absolute atomic E-state index is 0.0867. The summed E-state index contributed by atoms with van der Waals surface area (Å²) in [5.74, 6) is -0.124. The van der Waals surface area contributed by atoms with E-state index in [0.717, 1.165) is 11.3 Å². The third-order valence-corrected chi connectivity index (χ3v) is 7.64. The van der Waals surface area contributed by atoms with Crippen LogP contribution in [0.4, 0.5) is 0 Å². The molecule has 0 radical (unpaired) electrons. The molecular weight excluding hydrogens is 307 g/mol. The third-order valence-electron chi connectivity index (χ3n) is 3.41. The molecule has 0 bridgehead atoms. The van der Waals surface area contributed by atoms with Gasteiger partial charge >= 0.3 is 7.60 Å². The first-order valence-corrected chi connectivity index (χ1v) is 9.75. The highest BCUT2D eigenvalue weighted by atomic mass is 32.2. The van der Waals surface area contributed by atoms with Gasteiger partial charge in [0, 0.05) is 15.7 Å². The van der Waals surface area contributed by atoms with E-state index in [2.05, 4.69) is 0 Å². The molecule has 116 valence electrons. The van der Waals surface area contributed by atoms with Crippen molar-refractivity contribution in [3.63, 3.8) is 0 Å². The van der Waals surface area contributed by atoms with Crippen LogP contribution >= 0.6 is 19.4 Å². The molecule has 0 aromatic heterocycles. The highest BCUT2D eigenvalue weighted by molar-refractivity contribution is 8.00. The Bertz CT molecular complexity index is 550. The van der Waals surface area contributed by atoms with Gasteiger partial charge in [-0.15, -0.1) is 11.8 Å². The van der Waals surface area contributed by atoms with Gasteiger partial charge in [-0.2, -0.15) is 0 Å². The van der Waals surface area contributed by atoms with E-state index in [0.29, 0.717) is 5.56 Å². The molecule has 4 nitrogen and oxygen atoms in total. The number of thioether (sulfide) groups is 1. The maximum absolute atomic E-state index is 13.1. The molecule has 1 heterocycles. The largest absolute Gasteiger partial charge is 0.342 e. The van der Waals surface area contributed by atoms with Gasteiger partial charge in [0.2, 0.25) is 0 Å². The molecule has 1 aliphatic rings. The molecular formula is C15H21O4PS. The van der Waals surface area contributed by atoms with E-state index in [-0.39, 0.29) is 24.2 Å². The second-order valence-corrected chi connectivity index (χ2v) is 8.18. The molecule has 0 saturated heterocycles. The van der Waals surface area contributed by atoms with Gasteiger partial charge in [0.15, 0.2) is 5.78 Å². The summed E-state index contributed by atoms with van der Waals surface area (Å²) in [5.41, 5.74) is -0.0980. The lowest BCUT2D eigenvalue weighted by molar-refractivity contribution is 0.0959. The van der Waals surface area contributed by atoms with E-state index in [1.165, 1.54) is 0 Å². The normalized spacial score (nSPS) is 22.1. The van der Waals surface area contributed by atoms with Crippen molar-refractivity contribution in [2.45, 2.75) is 43.0 Å². The Morgan fingerprint density at radius 1 is 1.14 bits per heavy atom. The van der Waals surface area contributed by atoms with Crippen LogP contribution in [-0.2, 0) is 13.6 Å². The number of fused-ring (bicyclic) bond motifs is 1. The molecule has 1 aromatic rings. The standard InChI is InChI=1S/C15H21O4PS/c1-4-12-15(20(17,18-5-2)19-6-3)14(16)11-9-7-8-10-13(11)21-12/h7-10,12,15H,4-6H2,1-3H3. The van der Waals surface area contributed by atoms with Crippen molar-refractivity contribution in [3.05, 3.63) is 29.8 Å². The van der Waals surface area contributed by atoms with Crippen molar-refractivity contribution in [2.75, 3.05) is 13.2 Å². The lowest BCUT2D eigenvalue weighted by atomic mass is 10.0. The van der Waals surface area contributed by atoms with E-state index in [1.807, 2.05) is 25.1 Å². The number of rotatable bonds is 6. The highest BCUT2D eigenvalue weighted by Gasteiger charge is 2.49. The van der Waals surface area contributed by atoms with Crippen LogP contribution in [0.1, 0.15) is 37.6 Å². The Hall–Kier alpha value is -0.610. The zero-order valence-corrected chi connectivity index (χ0v) is 14.3. The second kappa shape index (κ2) is 7.10. The molecule has 2 atom stereocenters. The maximum atomic E-state index is 13.1. The van der Waals surface area contributed by atoms with Gasteiger partial charge in [-0.05, 0) is 26.3 Å². The van der Waals surface area contributed by atoms with Crippen molar-refractivity contribution in [3.8, 4) is 0 Å². The van der Waals surface area contributed by atoms with Crippen molar-refractivity contribution in [1.29, 1.82) is 0 Å². The van der Waals surface area contributed by atoms with Crippen LogP contribution in [0.15, 0.2) is 29.2 Å². The summed E-state index contributed by atoms with van der Waals surface area (Å²) in [5, 5.41) is -0.0867. The number of hydrogen-bond acceptors (Lipinski definition) is 5. The molecule has 0 spiro atoms. The Morgan fingerprint density at radius 2 is 1.76 bits per heavy atom. The minimum Gasteiger partial charge on any atom is -0.308 e. The van der Waals surface area contributed by atoms with Crippen LogP contribution in [0.2, 0.25) is 0 Å². The maximum Gasteiger partial charge on any atom is 0.342 e. The van der Waals surface area contributed by atoms with Gasteiger partial charge in [0.1, 0.15) is 5.66 Å². The first-order chi connectivity index (χ1) is 10.1. The molecule has 0 amide bonds. The molecule has 21 heavy (non-hydrogen) atoms. The fourth-order valence-electron chi connectivity index (χ4n) is 2.54. The van der Waals surface area contributed by atoms with Gasteiger partial charge in [-0.1, -0.05) is 25.1 Å². The van der Waals surface area contributed by atoms with E-state index in [1.54, 1.807) is 31.7 Å². The van der Waals surface area contributed by atoms with E-state index >= 15 is 0 Å². The lowest BCUT2D eigenvalue weighted by Gasteiger charge is -2.34. The lowest BCUT2D eigenvalue weighted by Crippen LogP contribution is -2.36. The van der Waals surface area contributed by atoms with Crippen LogP contribution in [0.25, 0.3) is 0 Å². The average Bonchev–Trinajstić information content (AvgIpc) is 2.47. The van der Waals surface area contributed by atoms with E-state index < -0.39 is 13.3 Å². The summed E-state index contributed by atoms with van der Waals surface area (Å²) in [6, 6.07) is 7.46. The first-order valence-electron chi connectivity index (χ1n) is 7.26. The number of Topliss-reactive ketones (excluding diaryl/α,β-unsaturated/α-hetero) is 1. The SMILES string of the molecule is CCOP(=O)(OCC)C1C(=O)c2ccccc2SC1CC. The average molecular weight is 328 g/mol. The molecule has 2 unspecified atom stereocenters. The smallest absolute Gasteiger partial charge is 0.308 e. The fourth-order valence-corrected chi connectivity index (χ4v) is 6.53. The van der Waals surface area contributed by atoms with Crippen LogP contribution < -0.4 is 0 Å². The summed E-state index contributed by atoms with van der Waals surface area (Å²) in [6.45, 7) is 6.06. The molecule has 0 fully saturated rings. The van der Waals surface area contributed by atoms with Gasteiger partial charge < -0.3 is 9.05 Å². The first kappa shape index (κ1) is 16.8. The summed E-state index contributed by atoms with van der Waals surface area (Å²) < 4.78 is 23.9. The van der Waals surface area contributed by atoms with Gasteiger partial charge in [-0.3, -0.25) is 9.36 Å². The van der Waals surface area contributed by atoms with Crippen LogP contribution in [-0.4, -0.2) is 29.9 Å². The minimum atomic E-state index is -3.45. The topological polar surface area (TPSA) is 52.6 Å². The van der Waals surface area contributed by atoms with Crippen molar-refractivity contribution >= 4 is 25.1 Å². The number of benzene rings is 1. The van der Waals surface area contributed by atoms with E-state index in [4.69, 9.17) is 9.05 Å². The molecule has 6 heteroatoms. The molecule has 0 N–H and O–H groups in total. The molecule has 1 aliphatic heterocycles. The molecule has 2 rings (SSSR count). The van der Waals surface area contributed by atoms with Gasteiger partial charge in [0.25, 0.3) is 0 Å². The second-order valence-electron chi connectivity index (χ2n) is 4.75. The number of ketones is 1. The molecule has 1 aromatic carbocycles. The quantitative estimate of drug-likeness (QED) is 0.725. The third kappa shape index (κ3) is 3.26. The summed E-state index contributed by atoms with van der Waals surface area (Å²) in [4.78, 5) is 13.8. The number of carbonyl (C=O) groups is 1. The monoisotopic (exact) mass is 328 g/mol. The van der Waals surface area contributed by atoms with Crippen molar-refractivity contribution < 1.29 is 18.4 Å². The predicted molar refractivity (Wildman–Crippen MR) is 85.4 cm³/mol. The Labute approximate surface area is 130 Å². The van der Waals surface area contributed by atoms with E-state index in [9.17, 15) is 9.36 Å². The zero-order valence-electron chi connectivity index (χ0n) is 12.6. The highest BCUT2D eigenvalue weighted by Crippen LogP contribution is 2.59. The summed E-state index contributed by atoms with van der Waals surface area (Å²) in [7, 11) is -3.45. The predicted octanol–water partition coefficient (Wildman–Crippen LogP) is 4.39. The number of hydrogen-bond donors (Lipinski definition) is 0. The van der Waals surface area contributed by atoms with Crippen LogP contribution in [0.5, 0.6) is 0 Å². The Kier molecular flexibility index (Phi) is 5.67. The molecule has 0 aliphatic carbocycles. The fraction of sp³-hybridized carbons (Fsp3) is 0.533. The summed E-state index contributed by atoms with van der Waals surface area (Å²) in [6.07, 6.45) is 0.736. The van der Waals surface area contributed by atoms with Gasteiger partial charge in [-0.25, -0.2) is 0 Å². The van der Waals surface area contributed by atoms with Gasteiger partial charge in [0.05, 0.1) is 13.2 Å². The van der Waals surface area contributed by atoms with Crippen LogP contribution in [0, 0.1) is 0 Å². The Balaban J connectivity index is 2.45. The zero-order chi connectivity index (χ0) is 15.5.